The Morgan fingerprint density at radius 3 is 2.95 bits per heavy atom. The van der Waals surface area contributed by atoms with Crippen LogP contribution in [-0.2, 0) is 19.9 Å². The number of aryl methyl sites for hydroxylation is 3. The Kier molecular flexibility index (Phi) is 3.44. The molecular weight excluding hydrogens is 274 g/mol. The third-order valence-electron chi connectivity index (χ3n) is 3.26. The first-order valence-electron chi connectivity index (χ1n) is 6.65. The molecule has 20 heavy (non-hydrogen) atoms. The van der Waals surface area contributed by atoms with Gasteiger partial charge >= 0.3 is 0 Å². The van der Waals surface area contributed by atoms with Crippen LogP contribution < -0.4 is 0 Å². The molecule has 3 rings (SSSR count). The zero-order valence-corrected chi connectivity index (χ0v) is 12.3. The SMILES string of the molecule is CCc1nn(C)cc1-n1c(CCCl)nc2cccnc21. The van der Waals surface area contributed by atoms with Crippen molar-refractivity contribution in [2.24, 2.45) is 7.05 Å². The lowest BCUT2D eigenvalue weighted by Gasteiger charge is -2.06. The second kappa shape index (κ2) is 5.25. The van der Waals surface area contributed by atoms with Gasteiger partial charge in [0.2, 0.25) is 0 Å². The molecule has 0 aliphatic heterocycles. The first-order chi connectivity index (χ1) is 9.74. The molecule has 0 amide bonds. The van der Waals surface area contributed by atoms with Gasteiger partial charge in [0.05, 0.1) is 11.4 Å². The number of nitrogens with zero attached hydrogens (tertiary/aromatic N) is 5. The lowest BCUT2D eigenvalue weighted by Crippen LogP contribution is -2.04. The van der Waals surface area contributed by atoms with Crippen LogP contribution in [0.2, 0.25) is 0 Å². The average Bonchev–Trinajstić information content (AvgIpc) is 2.98. The Bertz CT molecular complexity index is 743. The molecule has 0 unspecified atom stereocenters. The van der Waals surface area contributed by atoms with E-state index < -0.39 is 0 Å². The number of rotatable bonds is 4. The predicted molar refractivity (Wildman–Crippen MR) is 79.4 cm³/mol. The molecule has 3 aromatic rings. The van der Waals surface area contributed by atoms with Gasteiger partial charge in [-0.15, -0.1) is 11.6 Å². The summed E-state index contributed by atoms with van der Waals surface area (Å²) in [6.45, 7) is 2.10. The van der Waals surface area contributed by atoms with E-state index in [9.17, 15) is 0 Å². The molecule has 5 nitrogen and oxygen atoms in total. The zero-order valence-electron chi connectivity index (χ0n) is 11.5. The Hall–Kier alpha value is -1.88. The van der Waals surface area contributed by atoms with Gasteiger partial charge in [0.25, 0.3) is 0 Å². The summed E-state index contributed by atoms with van der Waals surface area (Å²) in [6, 6.07) is 3.87. The average molecular weight is 290 g/mol. The molecule has 0 radical (unpaired) electrons. The van der Waals surface area contributed by atoms with Gasteiger partial charge in [-0.3, -0.25) is 9.25 Å². The molecule has 0 bridgehead atoms. The number of fused-ring (bicyclic) bond motifs is 1. The molecule has 0 fully saturated rings. The second-order valence-corrected chi connectivity index (χ2v) is 5.01. The molecule has 0 aliphatic carbocycles. The van der Waals surface area contributed by atoms with E-state index in [0.29, 0.717) is 12.3 Å². The summed E-state index contributed by atoms with van der Waals surface area (Å²) in [7, 11) is 1.93. The number of halogens is 1. The highest BCUT2D eigenvalue weighted by molar-refractivity contribution is 6.17. The van der Waals surface area contributed by atoms with Crippen LogP contribution in [0.25, 0.3) is 16.9 Å². The van der Waals surface area contributed by atoms with E-state index in [2.05, 4.69) is 26.6 Å². The largest absolute Gasteiger partial charge is 0.277 e. The van der Waals surface area contributed by atoms with Crippen LogP contribution in [0.1, 0.15) is 18.4 Å². The van der Waals surface area contributed by atoms with Gasteiger partial charge in [0.15, 0.2) is 5.65 Å². The van der Waals surface area contributed by atoms with Crippen LogP contribution in [0, 0.1) is 0 Å². The van der Waals surface area contributed by atoms with E-state index in [-0.39, 0.29) is 0 Å². The maximum absolute atomic E-state index is 5.91. The van der Waals surface area contributed by atoms with Crippen molar-refractivity contribution in [3.63, 3.8) is 0 Å². The minimum absolute atomic E-state index is 0.533. The number of imidazole rings is 1. The molecule has 0 aromatic carbocycles. The monoisotopic (exact) mass is 289 g/mol. The molecule has 0 saturated heterocycles. The van der Waals surface area contributed by atoms with Crippen molar-refractivity contribution in [1.82, 2.24) is 24.3 Å². The smallest absolute Gasteiger partial charge is 0.164 e. The van der Waals surface area contributed by atoms with Crippen molar-refractivity contribution in [3.8, 4) is 5.69 Å². The molecule has 0 atom stereocenters. The molecule has 3 aromatic heterocycles. The van der Waals surface area contributed by atoms with E-state index in [4.69, 9.17) is 11.6 Å². The van der Waals surface area contributed by atoms with Crippen molar-refractivity contribution < 1.29 is 0 Å². The fourth-order valence-electron chi connectivity index (χ4n) is 2.43. The molecule has 0 aliphatic rings. The van der Waals surface area contributed by atoms with Gasteiger partial charge in [-0.05, 0) is 18.6 Å². The van der Waals surface area contributed by atoms with Crippen molar-refractivity contribution in [2.75, 3.05) is 5.88 Å². The fourth-order valence-corrected chi connectivity index (χ4v) is 2.59. The Balaban J connectivity index is 2.29. The summed E-state index contributed by atoms with van der Waals surface area (Å²) >= 11 is 5.91. The lowest BCUT2D eigenvalue weighted by molar-refractivity contribution is 0.746. The summed E-state index contributed by atoms with van der Waals surface area (Å²) in [5.41, 5.74) is 3.82. The topological polar surface area (TPSA) is 48.5 Å². The van der Waals surface area contributed by atoms with Gasteiger partial charge in [-0.25, -0.2) is 9.97 Å². The summed E-state index contributed by atoms with van der Waals surface area (Å²) in [5, 5.41) is 4.50. The van der Waals surface area contributed by atoms with Crippen LogP contribution >= 0.6 is 11.6 Å². The van der Waals surface area contributed by atoms with E-state index in [0.717, 1.165) is 34.8 Å². The maximum Gasteiger partial charge on any atom is 0.164 e. The summed E-state index contributed by atoms with van der Waals surface area (Å²) in [6.07, 6.45) is 5.36. The summed E-state index contributed by atoms with van der Waals surface area (Å²) in [5.74, 6) is 1.46. The fraction of sp³-hybridized carbons (Fsp3) is 0.357. The van der Waals surface area contributed by atoms with E-state index in [1.165, 1.54) is 0 Å². The Morgan fingerprint density at radius 2 is 2.20 bits per heavy atom. The van der Waals surface area contributed by atoms with E-state index in [1.54, 1.807) is 6.20 Å². The van der Waals surface area contributed by atoms with Crippen LogP contribution in [0.4, 0.5) is 0 Å². The standard InChI is InChI=1S/C14H16ClN5/c1-3-10-12(9-19(2)18-10)20-13(6-7-15)17-11-5-4-8-16-14(11)20/h4-5,8-9H,3,6-7H2,1-2H3. The molecule has 3 heterocycles. The quantitative estimate of drug-likeness (QED) is 0.693. The minimum atomic E-state index is 0.533. The van der Waals surface area contributed by atoms with Crippen LogP contribution in [-0.4, -0.2) is 30.2 Å². The number of aromatic nitrogens is 5. The first-order valence-corrected chi connectivity index (χ1v) is 7.19. The number of hydrogen-bond donors (Lipinski definition) is 0. The van der Waals surface area contributed by atoms with Crippen molar-refractivity contribution in [3.05, 3.63) is 36.0 Å². The zero-order chi connectivity index (χ0) is 14.1. The number of pyridine rings is 1. The van der Waals surface area contributed by atoms with Gasteiger partial charge in [-0.1, -0.05) is 6.92 Å². The molecule has 0 spiro atoms. The molecule has 0 saturated carbocycles. The molecule has 104 valence electrons. The maximum atomic E-state index is 5.91. The summed E-state index contributed by atoms with van der Waals surface area (Å²) < 4.78 is 3.90. The van der Waals surface area contributed by atoms with Crippen molar-refractivity contribution in [1.29, 1.82) is 0 Å². The normalized spacial score (nSPS) is 11.3. The van der Waals surface area contributed by atoms with Gasteiger partial charge < -0.3 is 0 Å². The van der Waals surface area contributed by atoms with Crippen LogP contribution in [0.15, 0.2) is 24.5 Å². The predicted octanol–water partition coefficient (Wildman–Crippen LogP) is 2.50. The number of alkyl halides is 1. The second-order valence-electron chi connectivity index (χ2n) is 4.64. The van der Waals surface area contributed by atoms with E-state index in [1.807, 2.05) is 30.1 Å². The minimum Gasteiger partial charge on any atom is -0.277 e. The van der Waals surface area contributed by atoms with Gasteiger partial charge in [-0.2, -0.15) is 5.10 Å². The van der Waals surface area contributed by atoms with Gasteiger partial charge in [0, 0.05) is 31.7 Å². The summed E-state index contributed by atoms with van der Waals surface area (Å²) in [4.78, 5) is 9.11. The third kappa shape index (κ3) is 2.08. The molecule has 6 heteroatoms. The van der Waals surface area contributed by atoms with Gasteiger partial charge in [0.1, 0.15) is 11.3 Å². The highest BCUT2D eigenvalue weighted by atomic mass is 35.5. The Labute approximate surface area is 122 Å². The highest BCUT2D eigenvalue weighted by Gasteiger charge is 2.17. The molecule has 0 N–H and O–H groups in total. The van der Waals surface area contributed by atoms with Crippen LogP contribution in [0.3, 0.4) is 0 Å². The third-order valence-corrected chi connectivity index (χ3v) is 3.45. The highest BCUT2D eigenvalue weighted by Crippen LogP contribution is 2.22. The van der Waals surface area contributed by atoms with E-state index >= 15 is 0 Å². The van der Waals surface area contributed by atoms with Crippen LogP contribution in [0.5, 0.6) is 0 Å². The van der Waals surface area contributed by atoms with Crippen molar-refractivity contribution in [2.45, 2.75) is 19.8 Å². The lowest BCUT2D eigenvalue weighted by atomic mass is 10.3. The molecular formula is C14H16ClN5. The van der Waals surface area contributed by atoms with Crippen molar-refractivity contribution >= 4 is 22.8 Å². The Morgan fingerprint density at radius 1 is 1.35 bits per heavy atom. The first kappa shape index (κ1) is 13.1. The number of hydrogen-bond acceptors (Lipinski definition) is 3.